The number of amides is 4. The molecule has 6 rings (SSSR count). The lowest BCUT2D eigenvalue weighted by molar-refractivity contribution is -0.138. The number of nitrogens with one attached hydrogen (secondary N) is 5. The van der Waals surface area contributed by atoms with E-state index < -0.39 is 36.5 Å². The van der Waals surface area contributed by atoms with Crippen LogP contribution in [0.3, 0.4) is 0 Å². The molecule has 0 saturated carbocycles. The van der Waals surface area contributed by atoms with Crippen molar-refractivity contribution < 1.29 is 38.1 Å². The predicted molar refractivity (Wildman–Crippen MR) is 199 cm³/mol. The van der Waals surface area contributed by atoms with E-state index in [1.54, 1.807) is 42.2 Å². The van der Waals surface area contributed by atoms with Gasteiger partial charge in [0.2, 0.25) is 11.8 Å². The Morgan fingerprint density at radius 2 is 1.37 bits per heavy atom. The first-order chi connectivity index (χ1) is 26.1. The molecule has 20 heteroatoms. The summed E-state index contributed by atoms with van der Waals surface area (Å²) in [5, 5.41) is 13.6. The van der Waals surface area contributed by atoms with Crippen LogP contribution in [0.2, 0.25) is 0 Å². The van der Waals surface area contributed by atoms with Crippen molar-refractivity contribution in [2.75, 3.05) is 41.5 Å². The molecule has 4 amide bonds. The van der Waals surface area contributed by atoms with Crippen LogP contribution in [-0.2, 0) is 28.5 Å². The summed E-state index contributed by atoms with van der Waals surface area (Å²) in [6.45, 7) is 4.53. The van der Waals surface area contributed by atoms with Crippen molar-refractivity contribution in [2.45, 2.75) is 82.1 Å². The molecule has 3 aromatic rings. The lowest BCUT2D eigenvalue weighted by Crippen LogP contribution is -2.59. The molecule has 3 aliphatic heterocycles. The van der Waals surface area contributed by atoms with Crippen molar-refractivity contribution in [3.8, 4) is 20.6 Å². The minimum absolute atomic E-state index is 0.160. The molecular weight excluding hydrogens is 741 g/mol. The van der Waals surface area contributed by atoms with Gasteiger partial charge in [-0.1, -0.05) is 0 Å². The van der Waals surface area contributed by atoms with E-state index in [1.807, 2.05) is 6.20 Å². The van der Waals surface area contributed by atoms with Gasteiger partial charge in [-0.2, -0.15) is 0 Å². The fourth-order valence-corrected chi connectivity index (χ4v) is 8.70. The largest absolute Gasteiger partial charge is 0.453 e. The van der Waals surface area contributed by atoms with Gasteiger partial charge in [0.1, 0.15) is 24.1 Å². The third-order valence-corrected chi connectivity index (χ3v) is 12.2. The number of aromatic nitrogens is 4. The molecule has 0 aliphatic carbocycles. The second-order valence-corrected chi connectivity index (χ2v) is 15.2. The molecule has 18 nitrogen and oxygen atoms in total. The number of aromatic amines is 1. The van der Waals surface area contributed by atoms with E-state index in [2.05, 4.69) is 41.2 Å². The van der Waals surface area contributed by atoms with E-state index in [4.69, 9.17) is 18.9 Å². The number of nitrogens with zero attached hydrogens (tertiary/aromatic N) is 5. The van der Waals surface area contributed by atoms with Crippen molar-refractivity contribution in [3.63, 3.8) is 0 Å². The molecule has 2 saturated heterocycles. The molecule has 0 aromatic carbocycles. The quantitative estimate of drug-likeness (QED) is 0.169. The molecule has 7 atom stereocenters. The van der Waals surface area contributed by atoms with E-state index in [9.17, 15) is 19.2 Å². The SMILES string of the molecule is COC(=O)N[C@H](C(=O)N1CCC[C@H]1c1ncc(-c2cnc(-c3ncc(C4=CNC([C@@H]5CCCN5C(=O)[C@@H](NC(=O)OC)[C@@H](C)OC)N4)s3)s2)[nH]1)[C@@H](C)OC. The van der Waals surface area contributed by atoms with Crippen molar-refractivity contribution in [2.24, 2.45) is 0 Å². The Morgan fingerprint density at radius 1 is 0.796 bits per heavy atom. The number of carbonyl (C=O) groups excluding carboxylic acids is 4. The van der Waals surface area contributed by atoms with Crippen molar-refractivity contribution in [1.82, 2.24) is 51.0 Å². The first kappa shape index (κ1) is 38.9. The van der Waals surface area contributed by atoms with Gasteiger partial charge in [-0.3, -0.25) is 9.59 Å². The van der Waals surface area contributed by atoms with Gasteiger partial charge in [-0.25, -0.2) is 24.5 Å². The first-order valence-corrected chi connectivity index (χ1v) is 19.3. The standard InChI is InChI=1S/C34H46N10O8S2/c1-17(49-3)25(41-33(47)51-5)31(45)43-11-7-9-21(43)27-35-13-19(39-27)23-15-37-29(53-23)30-38-16-24(54-30)20-14-36-28(40-20)22-10-8-12-44(22)32(46)26(18(2)50-4)42-34(48)52-6/h13-18,21-22,25-27,35,39H,7-12H2,1-6H3,(H,36,40)(H,41,47)(H,42,48)/t17-,18-,21+,22+,25+,26+,27?/m1/s1. The van der Waals surface area contributed by atoms with Crippen LogP contribution in [0.15, 0.2) is 24.8 Å². The fraction of sp³-hybridized carbons (Fsp3) is 0.559. The summed E-state index contributed by atoms with van der Waals surface area (Å²) in [5.41, 5.74) is 1.62. The average molecular weight is 787 g/mol. The van der Waals surface area contributed by atoms with Crippen LogP contribution >= 0.6 is 22.7 Å². The van der Waals surface area contributed by atoms with Gasteiger partial charge < -0.3 is 55.0 Å². The zero-order valence-electron chi connectivity index (χ0n) is 30.9. The minimum Gasteiger partial charge on any atom is -0.453 e. The normalized spacial score (nSPS) is 21.7. The molecular formula is C34H46N10O8S2. The molecule has 6 heterocycles. The average Bonchev–Trinajstić information content (AvgIpc) is 4.04. The Hall–Kier alpha value is -4.79. The predicted octanol–water partition coefficient (Wildman–Crippen LogP) is 2.65. The maximum Gasteiger partial charge on any atom is 0.407 e. The van der Waals surface area contributed by atoms with Crippen LogP contribution in [0.25, 0.3) is 26.3 Å². The van der Waals surface area contributed by atoms with Gasteiger partial charge in [0, 0.05) is 45.9 Å². The topological polar surface area (TPSA) is 214 Å². The van der Waals surface area contributed by atoms with Gasteiger partial charge in [-0.05, 0) is 39.5 Å². The second-order valence-electron chi connectivity index (χ2n) is 13.1. The summed E-state index contributed by atoms with van der Waals surface area (Å²) in [6, 6.07) is -2.26. The van der Waals surface area contributed by atoms with Crippen LogP contribution < -0.4 is 21.3 Å². The second kappa shape index (κ2) is 17.1. The number of likely N-dealkylation sites (tertiary alicyclic amines) is 2. The number of hydrogen-bond donors (Lipinski definition) is 5. The zero-order valence-corrected chi connectivity index (χ0v) is 32.5. The minimum atomic E-state index is -0.914. The van der Waals surface area contributed by atoms with E-state index in [0.717, 1.165) is 56.8 Å². The molecule has 0 radical (unpaired) electrons. The Kier molecular flexibility index (Phi) is 12.3. The highest BCUT2D eigenvalue weighted by atomic mass is 32.1. The molecule has 0 bridgehead atoms. The summed E-state index contributed by atoms with van der Waals surface area (Å²) < 4.78 is 20.3. The number of ether oxygens (including phenoxy) is 4. The van der Waals surface area contributed by atoms with Gasteiger partial charge in [0.25, 0.3) is 0 Å². The van der Waals surface area contributed by atoms with Crippen molar-refractivity contribution in [1.29, 1.82) is 0 Å². The summed E-state index contributed by atoms with van der Waals surface area (Å²) in [6.07, 6.45) is 7.56. The van der Waals surface area contributed by atoms with Gasteiger partial charge >= 0.3 is 12.2 Å². The van der Waals surface area contributed by atoms with Gasteiger partial charge in [-0.15, -0.1) is 22.7 Å². The van der Waals surface area contributed by atoms with E-state index in [-0.39, 0.29) is 30.1 Å². The smallest absolute Gasteiger partial charge is 0.407 e. The molecule has 1 unspecified atom stereocenters. The molecule has 2 fully saturated rings. The number of methoxy groups -OCH3 is 4. The maximum atomic E-state index is 13.6. The lowest BCUT2D eigenvalue weighted by Gasteiger charge is -2.34. The van der Waals surface area contributed by atoms with Crippen molar-refractivity contribution >= 4 is 52.4 Å². The van der Waals surface area contributed by atoms with Crippen LogP contribution in [0.4, 0.5) is 9.59 Å². The third kappa shape index (κ3) is 8.15. The highest BCUT2D eigenvalue weighted by Gasteiger charge is 2.42. The van der Waals surface area contributed by atoms with Crippen LogP contribution in [0.5, 0.6) is 0 Å². The number of rotatable bonds is 13. The number of imidazole rings is 1. The summed E-state index contributed by atoms with van der Waals surface area (Å²) in [7, 11) is 5.49. The Bertz CT molecular complexity index is 1850. The van der Waals surface area contributed by atoms with E-state index in [1.165, 1.54) is 51.1 Å². The summed E-state index contributed by atoms with van der Waals surface area (Å²) in [5.74, 6) is 0.151. The zero-order chi connectivity index (χ0) is 38.5. The highest BCUT2D eigenvalue weighted by Crippen LogP contribution is 2.37. The van der Waals surface area contributed by atoms with Crippen LogP contribution in [-0.4, -0.2) is 132 Å². The summed E-state index contributed by atoms with van der Waals surface area (Å²) in [4.78, 5) is 73.9. The summed E-state index contributed by atoms with van der Waals surface area (Å²) >= 11 is 2.97. The van der Waals surface area contributed by atoms with Crippen LogP contribution in [0.1, 0.15) is 56.3 Å². The van der Waals surface area contributed by atoms with E-state index >= 15 is 0 Å². The molecule has 3 aliphatic rings. The number of alkyl carbamates (subject to hydrolysis) is 2. The van der Waals surface area contributed by atoms with Gasteiger partial charge in [0.05, 0.1) is 65.9 Å². The number of carbonyl (C=O) groups is 4. The maximum absolute atomic E-state index is 13.6. The monoisotopic (exact) mass is 786 g/mol. The third-order valence-electron chi connectivity index (χ3n) is 9.99. The lowest BCUT2D eigenvalue weighted by atomic mass is 10.1. The molecule has 3 aromatic heterocycles. The Morgan fingerprint density at radius 3 is 2.00 bits per heavy atom. The molecule has 54 heavy (non-hydrogen) atoms. The van der Waals surface area contributed by atoms with Crippen LogP contribution in [0, 0.1) is 0 Å². The number of thiazole rings is 2. The Labute approximate surface area is 320 Å². The number of hydrogen-bond acceptors (Lipinski definition) is 15. The van der Waals surface area contributed by atoms with E-state index in [0.29, 0.717) is 18.9 Å². The first-order valence-electron chi connectivity index (χ1n) is 17.6. The Balaban J connectivity index is 1.09. The molecule has 0 spiro atoms. The number of H-pyrrole nitrogens is 1. The highest BCUT2D eigenvalue weighted by molar-refractivity contribution is 7.23. The fourth-order valence-electron chi connectivity index (χ4n) is 6.89. The molecule has 292 valence electrons. The van der Waals surface area contributed by atoms with Crippen molar-refractivity contribution in [3.05, 3.63) is 35.5 Å². The van der Waals surface area contributed by atoms with Gasteiger partial charge in [0.15, 0.2) is 10.0 Å². The molecule has 5 N–H and O–H groups in total.